The number of hydrogen-bond acceptors (Lipinski definition) is 6. The summed E-state index contributed by atoms with van der Waals surface area (Å²) in [6.07, 6.45) is 2.66. The van der Waals surface area contributed by atoms with Gasteiger partial charge in [0.25, 0.3) is 0 Å². The van der Waals surface area contributed by atoms with Crippen LogP contribution in [0.1, 0.15) is 12.8 Å². The first-order chi connectivity index (χ1) is 8.39. The molecule has 2 N–H and O–H groups in total. The van der Waals surface area contributed by atoms with E-state index in [1.807, 2.05) is 0 Å². The Bertz CT molecular complexity index is 297. The molecule has 0 aromatic carbocycles. The van der Waals surface area contributed by atoms with Gasteiger partial charge in [-0.05, 0) is 32.0 Å². The predicted octanol–water partition coefficient (Wildman–Crippen LogP) is -0.333. The van der Waals surface area contributed by atoms with Crippen LogP contribution in [0.25, 0.3) is 0 Å². The molecule has 0 fully saturated rings. The molecular weight excluding hydrogens is 274 g/mol. The minimum Gasteiger partial charge on any atom is -0.396 e. The summed E-state index contributed by atoms with van der Waals surface area (Å²) in [5.41, 5.74) is 0. The fourth-order valence-corrected chi connectivity index (χ4v) is 3.94. The number of sulfone groups is 1. The van der Waals surface area contributed by atoms with Crippen molar-refractivity contribution >= 4 is 18.4 Å². The molecule has 0 unspecified atom stereocenters. The molecule has 18 heavy (non-hydrogen) atoms. The van der Waals surface area contributed by atoms with Crippen molar-refractivity contribution in [2.45, 2.75) is 18.9 Å². The molecule has 0 saturated carbocycles. The van der Waals surface area contributed by atoms with Crippen molar-refractivity contribution in [3.05, 3.63) is 0 Å². The lowest BCUT2D eigenvalue weighted by atomic mass is 10.4. The van der Waals surface area contributed by atoms with Gasteiger partial charge in [-0.25, -0.2) is 8.42 Å². The van der Waals surface area contributed by atoms with E-state index in [4.69, 9.17) is 8.85 Å². The van der Waals surface area contributed by atoms with Crippen molar-refractivity contribution in [3.8, 4) is 0 Å². The van der Waals surface area contributed by atoms with E-state index in [2.05, 4.69) is 5.32 Å². The zero-order chi connectivity index (χ0) is 14.1. The second-order valence-electron chi connectivity index (χ2n) is 4.31. The highest BCUT2D eigenvalue weighted by molar-refractivity contribution is 7.90. The van der Waals surface area contributed by atoms with Gasteiger partial charge < -0.3 is 19.3 Å². The lowest BCUT2D eigenvalue weighted by molar-refractivity contribution is 0.196. The Hall–Kier alpha value is 0.00688. The minimum absolute atomic E-state index is 0.0475. The maximum Gasteiger partial charge on any atom is 0.364 e. The third kappa shape index (κ3) is 8.17. The third-order valence-electron chi connectivity index (χ3n) is 2.76. The van der Waals surface area contributed by atoms with Gasteiger partial charge in [-0.1, -0.05) is 0 Å². The van der Waals surface area contributed by atoms with Crippen LogP contribution < -0.4 is 5.32 Å². The molecule has 0 rings (SSSR count). The van der Waals surface area contributed by atoms with E-state index in [0.717, 1.165) is 19.0 Å². The maximum atomic E-state index is 10.9. The molecule has 110 valence electrons. The first-order valence-electron chi connectivity index (χ1n) is 5.99. The smallest absolute Gasteiger partial charge is 0.364 e. The predicted molar refractivity (Wildman–Crippen MR) is 73.5 cm³/mol. The number of nitrogens with one attached hydrogen (secondary N) is 1. The van der Waals surface area contributed by atoms with Crippen molar-refractivity contribution < 1.29 is 22.4 Å². The van der Waals surface area contributed by atoms with E-state index in [-0.39, 0.29) is 12.0 Å². The Labute approximate surface area is 111 Å². The van der Waals surface area contributed by atoms with Gasteiger partial charge in [0.2, 0.25) is 0 Å². The second-order valence-corrected chi connectivity index (χ2v) is 10.0. The summed E-state index contributed by atoms with van der Waals surface area (Å²) < 4.78 is 32.3. The van der Waals surface area contributed by atoms with Crippen LogP contribution in [0.4, 0.5) is 0 Å². The average molecular weight is 299 g/mol. The SMILES string of the molecule is CO[Si](CO)(CCCNCCCS(C)(=O)=O)OC. The highest BCUT2D eigenvalue weighted by Crippen LogP contribution is 2.12. The quantitative estimate of drug-likeness (QED) is 0.401. The third-order valence-corrected chi connectivity index (χ3v) is 6.88. The molecule has 0 heterocycles. The number of aliphatic hydroxyl groups is 1. The summed E-state index contributed by atoms with van der Waals surface area (Å²) >= 11 is 0. The van der Waals surface area contributed by atoms with Crippen LogP contribution in [0.3, 0.4) is 0 Å². The molecule has 8 heteroatoms. The summed E-state index contributed by atoms with van der Waals surface area (Å²) in [5.74, 6) is 0.214. The van der Waals surface area contributed by atoms with Crippen molar-refractivity contribution in [1.82, 2.24) is 5.32 Å². The second kappa shape index (κ2) is 9.00. The van der Waals surface area contributed by atoms with E-state index in [9.17, 15) is 13.5 Å². The molecule has 0 spiro atoms. The van der Waals surface area contributed by atoms with Gasteiger partial charge in [-0.2, -0.15) is 0 Å². The number of hydrogen-bond donors (Lipinski definition) is 2. The molecule has 0 atom stereocenters. The molecule has 0 aliphatic heterocycles. The summed E-state index contributed by atoms with van der Waals surface area (Å²) in [6.45, 7) is 1.45. The van der Waals surface area contributed by atoms with Crippen LogP contribution in [0.15, 0.2) is 0 Å². The van der Waals surface area contributed by atoms with Gasteiger partial charge in [0.05, 0.1) is 12.0 Å². The molecule has 0 amide bonds. The van der Waals surface area contributed by atoms with Crippen LogP contribution >= 0.6 is 0 Å². The molecule has 0 aromatic rings. The fourth-order valence-electron chi connectivity index (χ4n) is 1.56. The van der Waals surface area contributed by atoms with Crippen LogP contribution in [-0.2, 0) is 18.7 Å². The van der Waals surface area contributed by atoms with Gasteiger partial charge in [0.1, 0.15) is 9.84 Å². The summed E-state index contributed by atoms with van der Waals surface area (Å²) in [5, 5.41) is 12.4. The van der Waals surface area contributed by atoms with E-state index in [0.29, 0.717) is 13.0 Å². The number of aliphatic hydroxyl groups excluding tert-OH is 1. The molecule has 0 aliphatic carbocycles. The topological polar surface area (TPSA) is 84.9 Å². The van der Waals surface area contributed by atoms with Gasteiger partial charge in [-0.15, -0.1) is 0 Å². The van der Waals surface area contributed by atoms with Gasteiger partial charge >= 0.3 is 8.56 Å². The van der Waals surface area contributed by atoms with E-state index >= 15 is 0 Å². The summed E-state index contributed by atoms with van der Waals surface area (Å²) in [6, 6.07) is 0.718. The monoisotopic (exact) mass is 299 g/mol. The average Bonchev–Trinajstić information content (AvgIpc) is 2.32. The largest absolute Gasteiger partial charge is 0.396 e. The Morgan fingerprint density at radius 3 is 2.17 bits per heavy atom. The maximum absolute atomic E-state index is 10.9. The summed E-state index contributed by atoms with van der Waals surface area (Å²) in [7, 11) is -2.13. The highest BCUT2D eigenvalue weighted by atomic mass is 32.2. The van der Waals surface area contributed by atoms with Gasteiger partial charge in [0, 0.05) is 20.5 Å². The lowest BCUT2D eigenvalue weighted by Gasteiger charge is -2.24. The Balaban J connectivity index is 3.62. The van der Waals surface area contributed by atoms with Crippen molar-refractivity contribution in [1.29, 1.82) is 0 Å². The normalized spacial score (nSPS) is 12.9. The molecular formula is C10H25NO5SSi. The Kier molecular flexibility index (Phi) is 9.00. The summed E-state index contributed by atoms with van der Waals surface area (Å²) in [4.78, 5) is 0. The van der Waals surface area contributed by atoms with E-state index < -0.39 is 18.4 Å². The molecule has 0 aliphatic rings. The molecule has 6 nitrogen and oxygen atoms in total. The van der Waals surface area contributed by atoms with E-state index in [1.54, 1.807) is 14.2 Å². The minimum atomic E-state index is -2.86. The zero-order valence-electron chi connectivity index (χ0n) is 11.4. The lowest BCUT2D eigenvalue weighted by Crippen LogP contribution is -2.45. The van der Waals surface area contributed by atoms with Crippen molar-refractivity contribution in [3.63, 3.8) is 0 Å². The molecule has 0 aromatic heterocycles. The van der Waals surface area contributed by atoms with Crippen LogP contribution in [0, 0.1) is 0 Å². The van der Waals surface area contributed by atoms with Crippen LogP contribution in [-0.4, -0.2) is 67.6 Å². The van der Waals surface area contributed by atoms with Crippen LogP contribution in [0.2, 0.25) is 6.04 Å². The van der Waals surface area contributed by atoms with Gasteiger partial charge in [-0.3, -0.25) is 0 Å². The van der Waals surface area contributed by atoms with Crippen LogP contribution in [0.5, 0.6) is 0 Å². The van der Waals surface area contributed by atoms with Crippen molar-refractivity contribution in [2.24, 2.45) is 0 Å². The number of rotatable bonds is 11. The van der Waals surface area contributed by atoms with Gasteiger partial charge in [0.15, 0.2) is 0 Å². The first kappa shape index (κ1) is 18.0. The van der Waals surface area contributed by atoms with E-state index in [1.165, 1.54) is 6.26 Å². The zero-order valence-corrected chi connectivity index (χ0v) is 13.3. The Morgan fingerprint density at radius 2 is 1.72 bits per heavy atom. The first-order valence-corrected chi connectivity index (χ1v) is 10.3. The Morgan fingerprint density at radius 1 is 1.17 bits per heavy atom. The molecule has 0 saturated heterocycles. The molecule has 0 radical (unpaired) electrons. The van der Waals surface area contributed by atoms with Crippen molar-refractivity contribution in [2.75, 3.05) is 45.5 Å². The standard InChI is InChI=1S/C10H25NO5SSi/c1-15-18(10-12,16-2)9-5-7-11-6-4-8-17(3,13)14/h11-12H,4-10H2,1-3H3. The fraction of sp³-hybridized carbons (Fsp3) is 1.00. The molecule has 0 bridgehead atoms. The highest BCUT2D eigenvalue weighted by Gasteiger charge is 2.33.